The molecule has 0 aromatic heterocycles. The van der Waals surface area contributed by atoms with E-state index in [4.69, 9.17) is 9.84 Å². The molecule has 0 heterocycles. The van der Waals surface area contributed by atoms with E-state index in [-0.39, 0.29) is 12.5 Å². The fraction of sp³-hybridized carbons (Fsp3) is 0.462. The van der Waals surface area contributed by atoms with Crippen LogP contribution in [0.15, 0.2) is 18.2 Å². The Morgan fingerprint density at radius 3 is 2.65 bits per heavy atom. The fourth-order valence-corrected chi connectivity index (χ4v) is 1.41. The molecule has 0 saturated heterocycles. The van der Waals surface area contributed by atoms with Crippen molar-refractivity contribution in [2.24, 2.45) is 0 Å². The molecular formula is C13H19NO3. The fourth-order valence-electron chi connectivity index (χ4n) is 1.41. The van der Waals surface area contributed by atoms with Crippen molar-refractivity contribution in [3.05, 3.63) is 29.3 Å². The van der Waals surface area contributed by atoms with Gasteiger partial charge in [0.2, 0.25) is 0 Å². The summed E-state index contributed by atoms with van der Waals surface area (Å²) in [5.74, 6) is 0.284. The minimum absolute atomic E-state index is 0.118. The Labute approximate surface area is 102 Å². The van der Waals surface area contributed by atoms with Gasteiger partial charge in [0.15, 0.2) is 0 Å². The van der Waals surface area contributed by atoms with Crippen LogP contribution in [-0.4, -0.2) is 30.3 Å². The Hall–Kier alpha value is -1.55. The van der Waals surface area contributed by atoms with Crippen LogP contribution in [0.3, 0.4) is 0 Å². The molecular weight excluding hydrogens is 218 g/mol. The summed E-state index contributed by atoms with van der Waals surface area (Å²) in [5, 5.41) is 11.9. The van der Waals surface area contributed by atoms with E-state index in [1.54, 1.807) is 26.0 Å². The molecule has 0 unspecified atom stereocenters. The molecule has 0 bridgehead atoms. The van der Waals surface area contributed by atoms with Crippen LogP contribution in [0.25, 0.3) is 0 Å². The van der Waals surface area contributed by atoms with E-state index in [2.05, 4.69) is 5.32 Å². The van der Waals surface area contributed by atoms with Gasteiger partial charge in [-0.1, -0.05) is 11.6 Å². The third-order valence-corrected chi connectivity index (χ3v) is 2.45. The Morgan fingerprint density at radius 1 is 1.47 bits per heavy atom. The zero-order chi connectivity index (χ0) is 13.1. The average molecular weight is 237 g/mol. The number of carbonyl (C=O) groups is 1. The van der Waals surface area contributed by atoms with Crippen LogP contribution in [0, 0.1) is 6.92 Å². The molecule has 1 rings (SSSR count). The summed E-state index contributed by atoms with van der Waals surface area (Å²) in [5.41, 5.74) is 0.818. The van der Waals surface area contributed by atoms with Crippen molar-refractivity contribution < 1.29 is 14.6 Å². The van der Waals surface area contributed by atoms with Crippen LogP contribution in [0.4, 0.5) is 0 Å². The second-order valence-electron chi connectivity index (χ2n) is 4.70. The smallest absolute Gasteiger partial charge is 0.255 e. The summed E-state index contributed by atoms with van der Waals surface area (Å²) in [4.78, 5) is 12.0. The molecule has 0 aliphatic carbocycles. The van der Waals surface area contributed by atoms with Crippen LogP contribution >= 0.6 is 0 Å². The molecule has 0 aliphatic heterocycles. The highest BCUT2D eigenvalue weighted by atomic mass is 16.5. The van der Waals surface area contributed by atoms with Gasteiger partial charge < -0.3 is 15.2 Å². The molecule has 0 atom stereocenters. The largest absolute Gasteiger partial charge is 0.496 e. The first-order chi connectivity index (χ1) is 7.89. The molecule has 2 N–H and O–H groups in total. The molecule has 1 aromatic rings. The van der Waals surface area contributed by atoms with E-state index in [0.29, 0.717) is 11.3 Å². The number of nitrogens with one attached hydrogen (secondary N) is 1. The topological polar surface area (TPSA) is 58.6 Å². The minimum Gasteiger partial charge on any atom is -0.496 e. The number of methoxy groups -OCH3 is 1. The molecule has 0 aliphatic rings. The molecule has 1 amide bonds. The van der Waals surface area contributed by atoms with Crippen LogP contribution in [0.2, 0.25) is 0 Å². The van der Waals surface area contributed by atoms with Gasteiger partial charge >= 0.3 is 0 Å². The zero-order valence-electron chi connectivity index (χ0n) is 10.7. The number of rotatable bonds is 4. The second kappa shape index (κ2) is 5.19. The number of aliphatic hydroxyl groups is 1. The van der Waals surface area contributed by atoms with E-state index in [0.717, 1.165) is 5.56 Å². The van der Waals surface area contributed by atoms with Crippen molar-refractivity contribution in [1.82, 2.24) is 5.32 Å². The lowest BCUT2D eigenvalue weighted by atomic mass is 10.0. The standard InChI is InChI=1S/C13H19NO3/c1-9-5-6-11(17-4)10(7-9)12(16)14-13(2,3)8-15/h5-7,15H,8H2,1-4H3,(H,14,16). The highest BCUT2D eigenvalue weighted by Gasteiger charge is 2.22. The highest BCUT2D eigenvalue weighted by molar-refractivity contribution is 5.97. The Bertz CT molecular complexity index is 413. The number of hydrogen-bond donors (Lipinski definition) is 2. The summed E-state index contributed by atoms with van der Waals surface area (Å²) >= 11 is 0. The van der Waals surface area contributed by atoms with Crippen LogP contribution in [0.1, 0.15) is 29.8 Å². The van der Waals surface area contributed by atoms with Gasteiger partial charge in [-0.05, 0) is 32.9 Å². The third kappa shape index (κ3) is 3.46. The summed E-state index contributed by atoms with van der Waals surface area (Å²) in [6.07, 6.45) is 0. The number of amides is 1. The lowest BCUT2D eigenvalue weighted by molar-refractivity contribution is 0.0866. The van der Waals surface area contributed by atoms with Crippen LogP contribution < -0.4 is 10.1 Å². The van der Waals surface area contributed by atoms with Crippen molar-refractivity contribution in [2.75, 3.05) is 13.7 Å². The quantitative estimate of drug-likeness (QED) is 0.834. The normalized spacial score (nSPS) is 11.1. The van der Waals surface area contributed by atoms with Crippen LogP contribution in [0.5, 0.6) is 5.75 Å². The predicted octanol–water partition coefficient (Wildman–Crippen LogP) is 1.50. The van der Waals surface area contributed by atoms with Crippen LogP contribution in [-0.2, 0) is 0 Å². The van der Waals surface area contributed by atoms with Gasteiger partial charge in [0.05, 0.1) is 24.8 Å². The molecule has 4 heteroatoms. The molecule has 1 aromatic carbocycles. The maximum Gasteiger partial charge on any atom is 0.255 e. The van der Waals surface area contributed by atoms with Crippen molar-refractivity contribution >= 4 is 5.91 Å². The maximum atomic E-state index is 12.0. The highest BCUT2D eigenvalue weighted by Crippen LogP contribution is 2.20. The first-order valence-corrected chi connectivity index (χ1v) is 5.47. The van der Waals surface area contributed by atoms with Crippen molar-refractivity contribution in [1.29, 1.82) is 0 Å². The van der Waals surface area contributed by atoms with E-state index in [1.807, 2.05) is 13.0 Å². The first kappa shape index (κ1) is 13.5. The average Bonchev–Trinajstić information content (AvgIpc) is 2.28. The Morgan fingerprint density at radius 2 is 2.12 bits per heavy atom. The number of aliphatic hydroxyl groups excluding tert-OH is 1. The number of ether oxygens (including phenoxy) is 1. The van der Waals surface area contributed by atoms with E-state index < -0.39 is 5.54 Å². The molecule has 0 saturated carbocycles. The zero-order valence-corrected chi connectivity index (χ0v) is 10.7. The Balaban J connectivity index is 2.99. The monoisotopic (exact) mass is 237 g/mol. The summed E-state index contributed by atoms with van der Waals surface area (Å²) in [6.45, 7) is 5.31. The third-order valence-electron chi connectivity index (χ3n) is 2.45. The summed E-state index contributed by atoms with van der Waals surface area (Å²) < 4.78 is 5.15. The van der Waals surface area contributed by atoms with E-state index in [9.17, 15) is 4.79 Å². The number of benzene rings is 1. The van der Waals surface area contributed by atoms with Gasteiger partial charge in [-0.25, -0.2) is 0 Å². The lowest BCUT2D eigenvalue weighted by Crippen LogP contribution is -2.46. The molecule has 4 nitrogen and oxygen atoms in total. The maximum absolute atomic E-state index is 12.0. The van der Waals surface area contributed by atoms with Gasteiger partial charge in [0.25, 0.3) is 5.91 Å². The number of hydrogen-bond acceptors (Lipinski definition) is 3. The molecule has 17 heavy (non-hydrogen) atoms. The van der Waals surface area contributed by atoms with Gasteiger partial charge in [0, 0.05) is 0 Å². The summed E-state index contributed by atoms with van der Waals surface area (Å²) in [7, 11) is 1.53. The first-order valence-electron chi connectivity index (χ1n) is 5.47. The van der Waals surface area contributed by atoms with Gasteiger partial charge in [-0.15, -0.1) is 0 Å². The SMILES string of the molecule is COc1ccc(C)cc1C(=O)NC(C)(C)CO. The molecule has 0 radical (unpaired) electrons. The molecule has 0 spiro atoms. The number of aryl methyl sites for hydroxylation is 1. The predicted molar refractivity (Wildman–Crippen MR) is 66.4 cm³/mol. The number of carbonyl (C=O) groups excluding carboxylic acids is 1. The Kier molecular flexibility index (Phi) is 4.12. The van der Waals surface area contributed by atoms with Crippen molar-refractivity contribution in [3.63, 3.8) is 0 Å². The summed E-state index contributed by atoms with van der Waals surface area (Å²) in [6, 6.07) is 5.41. The van der Waals surface area contributed by atoms with Crippen molar-refractivity contribution in [3.8, 4) is 5.75 Å². The minimum atomic E-state index is -0.647. The van der Waals surface area contributed by atoms with Crippen molar-refractivity contribution in [2.45, 2.75) is 26.3 Å². The van der Waals surface area contributed by atoms with Gasteiger partial charge in [-0.3, -0.25) is 4.79 Å². The van der Waals surface area contributed by atoms with E-state index >= 15 is 0 Å². The van der Waals surface area contributed by atoms with Gasteiger partial charge in [-0.2, -0.15) is 0 Å². The molecule has 94 valence electrons. The second-order valence-corrected chi connectivity index (χ2v) is 4.70. The van der Waals surface area contributed by atoms with E-state index in [1.165, 1.54) is 7.11 Å². The lowest BCUT2D eigenvalue weighted by Gasteiger charge is -2.24. The van der Waals surface area contributed by atoms with Gasteiger partial charge in [0.1, 0.15) is 5.75 Å². The molecule has 0 fully saturated rings.